The van der Waals surface area contributed by atoms with Crippen LogP contribution in [0.25, 0.3) is 11.3 Å². The van der Waals surface area contributed by atoms with Gasteiger partial charge in [-0.1, -0.05) is 35.3 Å². The Bertz CT molecular complexity index is 1410. The van der Waals surface area contributed by atoms with E-state index >= 15 is 0 Å². The van der Waals surface area contributed by atoms with Crippen molar-refractivity contribution in [2.45, 2.75) is 18.8 Å². The number of hydrogen-bond donors (Lipinski definition) is 2. The third kappa shape index (κ3) is 4.26. The molecule has 0 saturated carbocycles. The van der Waals surface area contributed by atoms with Crippen LogP contribution in [0.2, 0.25) is 10.0 Å². The molecule has 0 fully saturated rings. The number of primary amides is 2. The zero-order valence-electron chi connectivity index (χ0n) is 17.6. The average molecular weight is 523 g/mol. The molecule has 35 heavy (non-hydrogen) atoms. The maximum absolute atomic E-state index is 13.7. The lowest BCUT2D eigenvalue weighted by molar-refractivity contribution is -0.137. The number of aromatic nitrogens is 2. The summed E-state index contributed by atoms with van der Waals surface area (Å²) in [4.78, 5) is 26.0. The number of fused-ring (bicyclic) bond motifs is 1. The molecule has 0 bridgehead atoms. The minimum absolute atomic E-state index is 0.00491. The van der Waals surface area contributed by atoms with Crippen molar-refractivity contribution >= 4 is 35.1 Å². The summed E-state index contributed by atoms with van der Waals surface area (Å²) < 4.78 is 42.4. The van der Waals surface area contributed by atoms with Crippen LogP contribution >= 0.6 is 23.2 Å². The van der Waals surface area contributed by atoms with Gasteiger partial charge < -0.3 is 16.4 Å². The number of carbonyl (C=O) groups excluding carboxylic acids is 2. The average Bonchev–Trinajstić information content (AvgIpc) is 3.19. The molecule has 4 N–H and O–H groups in total. The van der Waals surface area contributed by atoms with Crippen LogP contribution < -0.4 is 11.5 Å². The van der Waals surface area contributed by atoms with E-state index in [-0.39, 0.29) is 45.6 Å². The van der Waals surface area contributed by atoms with Gasteiger partial charge in [0.25, 0.3) is 5.91 Å². The van der Waals surface area contributed by atoms with E-state index in [1.165, 1.54) is 29.0 Å². The topological polar surface area (TPSA) is 131 Å². The van der Waals surface area contributed by atoms with E-state index < -0.39 is 35.3 Å². The van der Waals surface area contributed by atoms with Crippen LogP contribution in [0.15, 0.2) is 36.4 Å². The molecule has 2 heterocycles. The summed E-state index contributed by atoms with van der Waals surface area (Å²) in [6.07, 6.45) is -4.84. The molecule has 180 valence electrons. The number of nitrogens with two attached hydrogens (primary N) is 2. The van der Waals surface area contributed by atoms with Gasteiger partial charge >= 0.3 is 12.2 Å². The van der Waals surface area contributed by atoms with Crippen LogP contribution in [0, 0.1) is 11.3 Å². The number of nitrogens with zero attached hydrogens (tertiary/aromatic N) is 4. The first-order chi connectivity index (χ1) is 16.4. The lowest BCUT2D eigenvalue weighted by Gasteiger charge is -2.36. The molecule has 1 aliphatic rings. The van der Waals surface area contributed by atoms with Gasteiger partial charge in [0, 0.05) is 12.1 Å². The summed E-state index contributed by atoms with van der Waals surface area (Å²) >= 11 is 12.1. The van der Waals surface area contributed by atoms with Crippen molar-refractivity contribution in [3.8, 4) is 17.3 Å². The first-order valence-corrected chi connectivity index (χ1v) is 10.7. The molecular weight excluding hydrogens is 508 g/mol. The van der Waals surface area contributed by atoms with E-state index in [0.29, 0.717) is 5.56 Å². The van der Waals surface area contributed by atoms with Gasteiger partial charge in [-0.3, -0.25) is 9.48 Å². The van der Waals surface area contributed by atoms with Crippen LogP contribution in [0.5, 0.6) is 0 Å². The van der Waals surface area contributed by atoms with E-state index in [0.717, 1.165) is 17.0 Å². The molecule has 1 aromatic heterocycles. The van der Waals surface area contributed by atoms with Crippen molar-refractivity contribution in [1.82, 2.24) is 14.7 Å². The van der Waals surface area contributed by atoms with Crippen LogP contribution in [0.4, 0.5) is 18.0 Å². The lowest BCUT2D eigenvalue weighted by atomic mass is 9.92. The number of amides is 3. The molecule has 3 amide bonds. The van der Waals surface area contributed by atoms with Crippen LogP contribution in [-0.4, -0.2) is 33.2 Å². The van der Waals surface area contributed by atoms with Crippen molar-refractivity contribution in [3.63, 3.8) is 0 Å². The molecule has 0 spiro atoms. The van der Waals surface area contributed by atoms with Crippen molar-refractivity contribution < 1.29 is 22.8 Å². The number of halogens is 5. The Hall–Kier alpha value is -3.75. The minimum Gasteiger partial charge on any atom is -0.365 e. The van der Waals surface area contributed by atoms with E-state index in [1.807, 2.05) is 0 Å². The minimum atomic E-state index is -4.84. The highest BCUT2D eigenvalue weighted by Gasteiger charge is 2.40. The molecule has 4 rings (SSSR count). The molecular formula is C22H15Cl2F3N6O2. The summed E-state index contributed by atoms with van der Waals surface area (Å²) in [5.74, 6) is -0.923. The number of rotatable bonds is 3. The highest BCUT2D eigenvalue weighted by atomic mass is 35.5. The van der Waals surface area contributed by atoms with Crippen LogP contribution in [0.1, 0.15) is 38.8 Å². The molecule has 1 aliphatic heterocycles. The van der Waals surface area contributed by atoms with E-state index in [4.69, 9.17) is 39.9 Å². The lowest BCUT2D eigenvalue weighted by Crippen LogP contribution is -2.46. The highest BCUT2D eigenvalue weighted by Crippen LogP contribution is 2.41. The molecule has 1 atom stereocenters. The zero-order valence-corrected chi connectivity index (χ0v) is 19.1. The number of nitriles is 1. The largest absolute Gasteiger partial charge is 0.417 e. The maximum atomic E-state index is 13.7. The number of alkyl halides is 3. The standard InChI is InChI=1S/C22H15Cl2F3N6O2/c23-14-4-3-10(8-15(14)24)17-16(20(29)34)19-18(32(21(30)35)5-6-33(19)31-17)11-1-2-12(9-28)13(7-11)22(25,26)27/h1-4,7-8,18H,5-6H2,(H2,29,34)(H2,30,35). The Balaban J connectivity index is 2.01. The molecule has 0 radical (unpaired) electrons. The fourth-order valence-corrected chi connectivity index (χ4v) is 4.43. The SMILES string of the molecule is N#Cc1ccc(C2c3c(C(N)=O)c(-c4ccc(Cl)c(Cl)c4)nn3CCN2C(N)=O)cc1C(F)(F)F. The van der Waals surface area contributed by atoms with Gasteiger partial charge in [-0.25, -0.2) is 4.79 Å². The van der Waals surface area contributed by atoms with E-state index in [2.05, 4.69) is 5.10 Å². The second-order valence-corrected chi connectivity index (χ2v) is 8.49. The van der Waals surface area contributed by atoms with Crippen LogP contribution in [0.3, 0.4) is 0 Å². The summed E-state index contributed by atoms with van der Waals surface area (Å²) in [6, 6.07) is 6.88. The number of urea groups is 1. The Morgan fingerprint density at radius 3 is 2.37 bits per heavy atom. The zero-order chi connectivity index (χ0) is 25.7. The third-order valence-electron chi connectivity index (χ3n) is 5.62. The summed E-state index contributed by atoms with van der Waals surface area (Å²) in [5.41, 5.74) is 9.89. The van der Waals surface area contributed by atoms with Crippen LogP contribution in [-0.2, 0) is 12.7 Å². The van der Waals surface area contributed by atoms with Crippen molar-refractivity contribution in [1.29, 1.82) is 5.26 Å². The third-order valence-corrected chi connectivity index (χ3v) is 6.36. The Morgan fingerprint density at radius 2 is 1.80 bits per heavy atom. The Morgan fingerprint density at radius 1 is 1.09 bits per heavy atom. The fourth-order valence-electron chi connectivity index (χ4n) is 4.13. The smallest absolute Gasteiger partial charge is 0.365 e. The molecule has 0 saturated heterocycles. The predicted octanol–water partition coefficient (Wildman–Crippen LogP) is 4.33. The van der Waals surface area contributed by atoms with Crippen molar-refractivity contribution in [2.24, 2.45) is 11.5 Å². The molecule has 8 nitrogen and oxygen atoms in total. The molecule has 3 aromatic rings. The highest BCUT2D eigenvalue weighted by molar-refractivity contribution is 6.42. The first kappa shape index (κ1) is 24.4. The van der Waals surface area contributed by atoms with Gasteiger partial charge in [0.15, 0.2) is 0 Å². The van der Waals surface area contributed by atoms with Gasteiger partial charge in [0.2, 0.25) is 0 Å². The number of benzene rings is 2. The van der Waals surface area contributed by atoms with E-state index in [9.17, 15) is 22.8 Å². The van der Waals surface area contributed by atoms with Gasteiger partial charge in [-0.05, 0) is 29.8 Å². The fraction of sp³-hybridized carbons (Fsp3) is 0.182. The Labute approximate surface area is 206 Å². The molecule has 1 unspecified atom stereocenters. The van der Waals surface area contributed by atoms with Crippen molar-refractivity contribution in [3.05, 3.63) is 74.4 Å². The normalized spacial score (nSPS) is 15.4. The predicted molar refractivity (Wildman–Crippen MR) is 120 cm³/mol. The maximum Gasteiger partial charge on any atom is 0.417 e. The first-order valence-electron chi connectivity index (χ1n) is 9.97. The second-order valence-electron chi connectivity index (χ2n) is 7.67. The molecule has 2 aromatic carbocycles. The molecule has 0 aliphatic carbocycles. The number of hydrogen-bond acceptors (Lipinski definition) is 4. The quantitative estimate of drug-likeness (QED) is 0.529. The summed E-state index contributed by atoms with van der Waals surface area (Å²) in [7, 11) is 0. The summed E-state index contributed by atoms with van der Waals surface area (Å²) in [6.45, 7) is 0.0911. The van der Waals surface area contributed by atoms with Gasteiger partial charge in [0.1, 0.15) is 11.7 Å². The van der Waals surface area contributed by atoms with Gasteiger partial charge in [-0.2, -0.15) is 23.5 Å². The van der Waals surface area contributed by atoms with Crippen molar-refractivity contribution in [2.75, 3.05) is 6.54 Å². The summed E-state index contributed by atoms with van der Waals surface area (Å²) in [5, 5.41) is 14.0. The Kier molecular flexibility index (Phi) is 6.12. The second kappa shape index (κ2) is 8.79. The van der Waals surface area contributed by atoms with Gasteiger partial charge in [-0.15, -0.1) is 0 Å². The van der Waals surface area contributed by atoms with E-state index in [1.54, 1.807) is 6.07 Å². The monoisotopic (exact) mass is 522 g/mol. The van der Waals surface area contributed by atoms with Gasteiger partial charge in [0.05, 0.1) is 45.0 Å². The molecule has 13 heteroatoms. The number of carbonyl (C=O) groups is 2.